The second-order valence-electron chi connectivity index (χ2n) is 9.84. The van der Waals surface area contributed by atoms with Gasteiger partial charge in [-0.15, -0.1) is 0 Å². The smallest absolute Gasteiger partial charge is 0.416 e. The predicted octanol–water partition coefficient (Wildman–Crippen LogP) is 5.96. The Morgan fingerprint density at radius 1 is 0.935 bits per heavy atom. The predicted molar refractivity (Wildman–Crippen MR) is 168 cm³/mol. The van der Waals surface area contributed by atoms with Gasteiger partial charge in [-0.2, -0.15) is 18.3 Å². The van der Waals surface area contributed by atoms with Gasteiger partial charge in [0.05, 0.1) is 33.4 Å². The molecule has 0 aliphatic carbocycles. The van der Waals surface area contributed by atoms with Crippen LogP contribution in [0.1, 0.15) is 29.7 Å². The van der Waals surface area contributed by atoms with Gasteiger partial charge in [-0.1, -0.05) is 60.1 Å². The zero-order valence-corrected chi connectivity index (χ0v) is 25.8. The molecule has 46 heavy (non-hydrogen) atoms. The number of ether oxygens (including phenoxy) is 1. The molecule has 0 bridgehead atoms. The summed E-state index contributed by atoms with van der Waals surface area (Å²) in [4.78, 5) is 24.8. The molecule has 0 radical (unpaired) electrons. The van der Waals surface area contributed by atoms with Crippen LogP contribution >= 0.6 is 11.6 Å². The highest BCUT2D eigenvalue weighted by Crippen LogP contribution is 2.37. The number of amides is 2. The van der Waals surface area contributed by atoms with Gasteiger partial charge in [-0.05, 0) is 72.6 Å². The summed E-state index contributed by atoms with van der Waals surface area (Å²) in [6, 6.07) is 24.7. The summed E-state index contributed by atoms with van der Waals surface area (Å²) in [5.74, 6) is -0.845. The second kappa shape index (κ2) is 14.9. The molecule has 0 aliphatic rings. The van der Waals surface area contributed by atoms with Gasteiger partial charge in [-0.3, -0.25) is 13.9 Å². The standard InChI is InChI=1S/C32H28ClF3N4O5S/c1-22(24-8-4-2-5-9-24)38-31(42)21-45-26-15-12-23(13-16-26)19-37-39-30(41)20-40(46(43,44)27-10-6-3-7-11-27)29-18-25(32(34,35)36)14-17-28(29)33/h2-19,22H,20-21H2,1H3,(H,38,42)(H,39,41)/b37-19-/t22-/m1/s1. The molecule has 4 rings (SSSR count). The molecule has 0 spiro atoms. The molecule has 0 heterocycles. The van der Waals surface area contributed by atoms with Crippen LogP contribution in [0.15, 0.2) is 113 Å². The Morgan fingerprint density at radius 2 is 1.57 bits per heavy atom. The number of sulfonamides is 1. The maximum Gasteiger partial charge on any atom is 0.416 e. The number of nitrogens with zero attached hydrogens (tertiary/aromatic N) is 2. The van der Waals surface area contributed by atoms with Crippen LogP contribution in [0.3, 0.4) is 0 Å². The molecule has 2 amide bonds. The van der Waals surface area contributed by atoms with E-state index in [4.69, 9.17) is 16.3 Å². The van der Waals surface area contributed by atoms with Crippen LogP contribution in [0, 0.1) is 0 Å². The maximum absolute atomic E-state index is 13.5. The molecule has 14 heteroatoms. The van der Waals surface area contributed by atoms with Gasteiger partial charge >= 0.3 is 6.18 Å². The van der Waals surface area contributed by atoms with E-state index < -0.39 is 39.9 Å². The molecule has 0 saturated heterocycles. The normalized spacial score (nSPS) is 12.4. The van der Waals surface area contributed by atoms with Crippen LogP contribution < -0.4 is 19.8 Å². The lowest BCUT2D eigenvalue weighted by Crippen LogP contribution is -2.40. The van der Waals surface area contributed by atoms with Crippen LogP contribution in [0.4, 0.5) is 18.9 Å². The molecule has 240 valence electrons. The molecular formula is C32H28ClF3N4O5S. The van der Waals surface area contributed by atoms with Crippen molar-refractivity contribution in [2.45, 2.75) is 24.0 Å². The molecule has 0 aromatic heterocycles. The topological polar surface area (TPSA) is 117 Å². The Hall–Kier alpha value is -4.88. The van der Waals surface area contributed by atoms with Crippen molar-refractivity contribution >= 4 is 45.3 Å². The minimum Gasteiger partial charge on any atom is -0.484 e. The van der Waals surface area contributed by atoms with Gasteiger partial charge in [0, 0.05) is 0 Å². The Kier molecular flexibility index (Phi) is 11.0. The molecule has 0 fully saturated rings. The van der Waals surface area contributed by atoms with Crippen molar-refractivity contribution in [1.82, 2.24) is 10.7 Å². The van der Waals surface area contributed by atoms with Crippen molar-refractivity contribution in [3.05, 3.63) is 125 Å². The van der Waals surface area contributed by atoms with Crippen LogP contribution in [0.5, 0.6) is 5.75 Å². The van der Waals surface area contributed by atoms with Crippen LogP contribution in [0.2, 0.25) is 5.02 Å². The second-order valence-corrected chi connectivity index (χ2v) is 12.1. The van der Waals surface area contributed by atoms with E-state index in [0.717, 1.165) is 11.6 Å². The number of hydrogen-bond acceptors (Lipinski definition) is 6. The third-order valence-corrected chi connectivity index (χ3v) is 8.58. The summed E-state index contributed by atoms with van der Waals surface area (Å²) in [7, 11) is -4.52. The first kappa shape index (κ1) is 34.0. The van der Waals surface area contributed by atoms with Gasteiger partial charge in [0.1, 0.15) is 12.3 Å². The van der Waals surface area contributed by atoms with E-state index in [1.165, 1.54) is 30.5 Å². The van der Waals surface area contributed by atoms with Crippen molar-refractivity contribution < 1.29 is 35.9 Å². The SMILES string of the molecule is C[C@@H](NC(=O)COc1ccc(/C=N\NC(=O)CN(c2cc(C(F)(F)F)ccc2Cl)S(=O)(=O)c2ccccc2)cc1)c1ccccc1. The van der Waals surface area contributed by atoms with Gasteiger partial charge in [-0.25, -0.2) is 13.8 Å². The van der Waals surface area contributed by atoms with E-state index in [1.807, 2.05) is 37.3 Å². The summed E-state index contributed by atoms with van der Waals surface area (Å²) < 4.78 is 73.3. The van der Waals surface area contributed by atoms with Crippen LogP contribution in [0.25, 0.3) is 0 Å². The fraction of sp³-hybridized carbons (Fsp3) is 0.156. The lowest BCUT2D eigenvalue weighted by Gasteiger charge is -2.25. The fourth-order valence-electron chi connectivity index (χ4n) is 4.15. The van der Waals surface area contributed by atoms with E-state index in [2.05, 4.69) is 15.8 Å². The van der Waals surface area contributed by atoms with E-state index in [9.17, 15) is 31.2 Å². The number of anilines is 1. The van der Waals surface area contributed by atoms with Crippen LogP contribution in [-0.4, -0.2) is 39.6 Å². The fourth-order valence-corrected chi connectivity index (χ4v) is 5.87. The Balaban J connectivity index is 1.39. The highest BCUT2D eigenvalue weighted by molar-refractivity contribution is 7.92. The van der Waals surface area contributed by atoms with Crippen molar-refractivity contribution in [1.29, 1.82) is 0 Å². The Bertz CT molecular complexity index is 1790. The molecule has 1 atom stereocenters. The lowest BCUT2D eigenvalue weighted by molar-refractivity contribution is -0.137. The number of hydrazone groups is 1. The molecule has 0 saturated carbocycles. The molecule has 2 N–H and O–H groups in total. The number of halogens is 4. The van der Waals surface area contributed by atoms with Gasteiger partial charge in [0.25, 0.3) is 21.8 Å². The van der Waals surface area contributed by atoms with Crippen molar-refractivity contribution in [2.75, 3.05) is 17.5 Å². The average Bonchev–Trinajstić information content (AvgIpc) is 3.04. The quantitative estimate of drug-likeness (QED) is 0.142. The van der Waals surface area contributed by atoms with E-state index >= 15 is 0 Å². The Morgan fingerprint density at radius 3 is 2.20 bits per heavy atom. The van der Waals surface area contributed by atoms with E-state index in [1.54, 1.807) is 30.3 Å². The van der Waals surface area contributed by atoms with Crippen molar-refractivity contribution in [3.63, 3.8) is 0 Å². The summed E-state index contributed by atoms with van der Waals surface area (Å²) in [5.41, 5.74) is 1.98. The summed E-state index contributed by atoms with van der Waals surface area (Å²) in [5, 5.41) is 6.36. The number of carbonyl (C=O) groups excluding carboxylic acids is 2. The molecule has 0 aliphatic heterocycles. The number of carbonyl (C=O) groups is 2. The number of benzene rings is 4. The van der Waals surface area contributed by atoms with Gasteiger partial charge in [0.15, 0.2) is 6.61 Å². The number of alkyl halides is 3. The van der Waals surface area contributed by atoms with Crippen molar-refractivity contribution in [3.8, 4) is 5.75 Å². The van der Waals surface area contributed by atoms with Crippen molar-refractivity contribution in [2.24, 2.45) is 5.10 Å². The highest BCUT2D eigenvalue weighted by atomic mass is 35.5. The van der Waals surface area contributed by atoms with Crippen LogP contribution in [-0.2, 0) is 25.8 Å². The summed E-state index contributed by atoms with van der Waals surface area (Å²) in [6.45, 7) is 0.729. The van der Waals surface area contributed by atoms with E-state index in [-0.39, 0.29) is 28.5 Å². The molecule has 0 unspecified atom stereocenters. The first-order valence-electron chi connectivity index (χ1n) is 13.7. The molecule has 4 aromatic carbocycles. The monoisotopic (exact) mass is 672 g/mol. The number of nitrogens with one attached hydrogen (secondary N) is 2. The summed E-state index contributed by atoms with van der Waals surface area (Å²) >= 11 is 6.14. The van der Waals surface area contributed by atoms with Gasteiger partial charge < -0.3 is 10.1 Å². The molecule has 4 aromatic rings. The first-order valence-corrected chi connectivity index (χ1v) is 15.5. The lowest BCUT2D eigenvalue weighted by atomic mass is 10.1. The Labute approximate surface area is 268 Å². The number of hydrogen-bond donors (Lipinski definition) is 2. The maximum atomic E-state index is 13.5. The average molecular weight is 673 g/mol. The zero-order valence-electron chi connectivity index (χ0n) is 24.2. The third kappa shape index (κ3) is 9.08. The third-order valence-electron chi connectivity index (χ3n) is 6.49. The largest absolute Gasteiger partial charge is 0.484 e. The minimum absolute atomic E-state index is 0.196. The van der Waals surface area contributed by atoms with Gasteiger partial charge in [0.2, 0.25) is 0 Å². The highest BCUT2D eigenvalue weighted by Gasteiger charge is 2.34. The number of rotatable bonds is 12. The molecule has 9 nitrogen and oxygen atoms in total. The zero-order chi connectivity index (χ0) is 33.3. The summed E-state index contributed by atoms with van der Waals surface area (Å²) in [6.07, 6.45) is -3.52. The van der Waals surface area contributed by atoms with E-state index in [0.29, 0.717) is 27.8 Å². The molecular weight excluding hydrogens is 645 g/mol. The first-order chi connectivity index (χ1) is 21.8. The minimum atomic E-state index is -4.79.